The molecule has 2 saturated carbocycles. The van der Waals surface area contributed by atoms with Gasteiger partial charge in [0.25, 0.3) is 17.7 Å². The molecule has 2 heterocycles. The lowest BCUT2D eigenvalue weighted by molar-refractivity contribution is -0.145. The number of aromatic nitrogens is 2. The highest BCUT2D eigenvalue weighted by Crippen LogP contribution is 2.51. The number of ketones is 1. The first-order valence-corrected chi connectivity index (χ1v) is 15.9. The molecule has 2 aliphatic carbocycles. The number of amides is 5. The average molecular weight is 648 g/mol. The normalized spacial score (nSPS) is 23.7. The highest BCUT2D eigenvalue weighted by Gasteiger charge is 2.61. The standard InChI is InChI=1S/C31H43F2N7O6/c1-6-20(25(41)29(45)36-17-7-8-17)37-28(44)24-18-9-10-31(32,33)19(18)14-40(24)30(46)23(16(4)5)39-27(43)22(15(2)3)38-26(42)21-13-34-11-12-35-21/h11-13,15-20,22-24H,6-10,14H2,1-5H3,(H,36,45)(H,37,44)(H,38,42)(H,39,43)/t18-,19-,20?,22-,23-,24-/m0/s1. The van der Waals surface area contributed by atoms with Crippen molar-refractivity contribution in [2.24, 2.45) is 23.7 Å². The van der Waals surface area contributed by atoms with E-state index >= 15 is 0 Å². The average Bonchev–Trinajstić information content (AvgIpc) is 3.66. The SMILES string of the molecule is CCC(NC(=O)[C@@H]1[C@H]2CCC(F)(F)[C@H]2CN1C(=O)[C@@H](NC(=O)[C@@H](NC(=O)c1cnccn1)C(C)C)C(C)C)C(=O)C(=O)NC1CC1. The molecule has 0 radical (unpaired) electrons. The van der Waals surface area contributed by atoms with Gasteiger partial charge < -0.3 is 26.2 Å². The van der Waals surface area contributed by atoms with E-state index in [1.54, 1.807) is 34.6 Å². The summed E-state index contributed by atoms with van der Waals surface area (Å²) in [6.07, 6.45) is 5.10. The number of carbonyl (C=O) groups is 6. The second kappa shape index (κ2) is 14.2. The minimum absolute atomic E-state index is 0.00953. The minimum Gasteiger partial charge on any atom is -0.347 e. The molecule has 1 saturated heterocycles. The van der Waals surface area contributed by atoms with Gasteiger partial charge in [0.2, 0.25) is 23.5 Å². The maximum atomic E-state index is 15.0. The van der Waals surface area contributed by atoms with E-state index in [0.29, 0.717) is 0 Å². The first-order valence-electron chi connectivity index (χ1n) is 15.9. The van der Waals surface area contributed by atoms with Gasteiger partial charge in [-0.2, -0.15) is 0 Å². The Morgan fingerprint density at radius 1 is 0.957 bits per heavy atom. The zero-order valence-corrected chi connectivity index (χ0v) is 26.7. The third kappa shape index (κ3) is 7.66. The molecular weight excluding hydrogens is 604 g/mol. The molecule has 1 aromatic heterocycles. The summed E-state index contributed by atoms with van der Waals surface area (Å²) in [6.45, 7) is 7.92. The molecule has 3 aliphatic rings. The van der Waals surface area contributed by atoms with Crippen LogP contribution >= 0.6 is 0 Å². The lowest BCUT2D eigenvalue weighted by atomic mass is 9.91. The van der Waals surface area contributed by atoms with Crippen LogP contribution < -0.4 is 21.3 Å². The van der Waals surface area contributed by atoms with Crippen molar-refractivity contribution in [2.75, 3.05) is 6.54 Å². The molecule has 1 aliphatic heterocycles. The summed E-state index contributed by atoms with van der Waals surface area (Å²) in [6, 6.07) is -4.92. The predicted octanol–water partition coefficient (Wildman–Crippen LogP) is 0.987. The molecule has 252 valence electrons. The second-order valence-corrected chi connectivity index (χ2v) is 13.1. The number of hydrogen-bond acceptors (Lipinski definition) is 8. The van der Waals surface area contributed by atoms with Gasteiger partial charge >= 0.3 is 0 Å². The van der Waals surface area contributed by atoms with Gasteiger partial charge in [-0.3, -0.25) is 33.8 Å². The summed E-state index contributed by atoms with van der Waals surface area (Å²) in [5.41, 5.74) is -0.00953. The number of hydrogen-bond donors (Lipinski definition) is 4. The van der Waals surface area contributed by atoms with E-state index in [1.165, 1.54) is 18.6 Å². The molecule has 0 spiro atoms. The van der Waals surface area contributed by atoms with Gasteiger partial charge in [0, 0.05) is 37.3 Å². The maximum Gasteiger partial charge on any atom is 0.289 e. The van der Waals surface area contributed by atoms with Gasteiger partial charge in [0.15, 0.2) is 0 Å². The quantitative estimate of drug-likeness (QED) is 0.229. The van der Waals surface area contributed by atoms with Crippen molar-refractivity contribution < 1.29 is 37.5 Å². The predicted molar refractivity (Wildman–Crippen MR) is 160 cm³/mol. The van der Waals surface area contributed by atoms with Crippen LogP contribution in [0.2, 0.25) is 0 Å². The summed E-state index contributed by atoms with van der Waals surface area (Å²) in [5, 5.41) is 10.4. The summed E-state index contributed by atoms with van der Waals surface area (Å²) in [4.78, 5) is 88.2. The van der Waals surface area contributed by atoms with Crippen molar-refractivity contribution in [1.29, 1.82) is 0 Å². The van der Waals surface area contributed by atoms with E-state index in [-0.39, 0.29) is 24.6 Å². The van der Waals surface area contributed by atoms with Crippen molar-refractivity contribution in [3.63, 3.8) is 0 Å². The van der Waals surface area contributed by atoms with E-state index < -0.39 is 102 Å². The molecule has 0 aromatic carbocycles. The van der Waals surface area contributed by atoms with E-state index in [0.717, 1.165) is 17.7 Å². The highest BCUT2D eigenvalue weighted by molar-refractivity contribution is 6.38. The molecule has 13 nitrogen and oxygen atoms in total. The lowest BCUT2D eigenvalue weighted by Gasteiger charge is -2.33. The Kier molecular flexibility index (Phi) is 10.7. The number of nitrogens with zero attached hydrogens (tertiary/aromatic N) is 3. The largest absolute Gasteiger partial charge is 0.347 e. The fourth-order valence-electron chi connectivity index (χ4n) is 6.18. The molecule has 5 amide bonds. The second-order valence-electron chi connectivity index (χ2n) is 13.1. The van der Waals surface area contributed by atoms with Crippen molar-refractivity contribution in [2.45, 2.75) is 103 Å². The molecular formula is C31H43F2N7O6. The zero-order chi connectivity index (χ0) is 33.9. The Bertz CT molecular complexity index is 1340. The van der Waals surface area contributed by atoms with Crippen molar-refractivity contribution in [1.82, 2.24) is 36.1 Å². The van der Waals surface area contributed by atoms with Crippen LogP contribution in [0.3, 0.4) is 0 Å². The number of carbonyl (C=O) groups excluding carboxylic acids is 6. The molecule has 4 N–H and O–H groups in total. The molecule has 15 heteroatoms. The number of nitrogens with one attached hydrogen (secondary N) is 4. The Balaban J connectivity index is 1.54. The highest BCUT2D eigenvalue weighted by atomic mass is 19.3. The molecule has 1 aromatic rings. The first-order chi connectivity index (χ1) is 21.7. The van der Waals surface area contributed by atoms with Gasteiger partial charge in [0.1, 0.15) is 23.8 Å². The minimum atomic E-state index is -3.12. The zero-order valence-electron chi connectivity index (χ0n) is 26.7. The number of Topliss-reactive ketones (excluding diaryl/α,β-unsaturated/α-hetero) is 1. The first kappa shape index (κ1) is 34.8. The fraction of sp³-hybridized carbons (Fsp3) is 0.677. The van der Waals surface area contributed by atoms with Gasteiger partial charge in [0.05, 0.1) is 12.2 Å². The van der Waals surface area contributed by atoms with Crippen LogP contribution in [0.25, 0.3) is 0 Å². The summed E-state index contributed by atoms with van der Waals surface area (Å²) in [7, 11) is 0. The van der Waals surface area contributed by atoms with E-state index in [9.17, 15) is 37.5 Å². The van der Waals surface area contributed by atoms with Crippen LogP contribution in [0.1, 0.15) is 77.2 Å². The van der Waals surface area contributed by atoms with Crippen molar-refractivity contribution >= 4 is 35.3 Å². The molecule has 4 rings (SSSR count). The van der Waals surface area contributed by atoms with Crippen molar-refractivity contribution in [3.8, 4) is 0 Å². The smallest absolute Gasteiger partial charge is 0.289 e. The third-order valence-electron chi connectivity index (χ3n) is 9.00. The van der Waals surface area contributed by atoms with Gasteiger partial charge in [-0.15, -0.1) is 0 Å². The molecule has 0 bridgehead atoms. The maximum absolute atomic E-state index is 15.0. The number of likely N-dealkylation sites (tertiary alicyclic amines) is 1. The number of fused-ring (bicyclic) bond motifs is 1. The van der Waals surface area contributed by atoms with Crippen LogP contribution in [0.5, 0.6) is 0 Å². The fourth-order valence-corrected chi connectivity index (χ4v) is 6.18. The summed E-state index contributed by atoms with van der Waals surface area (Å²) >= 11 is 0. The Morgan fingerprint density at radius 3 is 2.20 bits per heavy atom. The molecule has 3 fully saturated rings. The Labute approximate surface area is 266 Å². The van der Waals surface area contributed by atoms with Gasteiger partial charge in [-0.05, 0) is 43.4 Å². The van der Waals surface area contributed by atoms with Crippen LogP contribution in [-0.4, -0.2) is 92.9 Å². The molecule has 6 atom stereocenters. The lowest BCUT2D eigenvalue weighted by Crippen LogP contribution is -2.60. The van der Waals surface area contributed by atoms with E-state index in [4.69, 9.17) is 0 Å². The summed E-state index contributed by atoms with van der Waals surface area (Å²) < 4.78 is 30.0. The van der Waals surface area contributed by atoms with Crippen LogP contribution in [0, 0.1) is 23.7 Å². The number of rotatable bonds is 13. The third-order valence-corrected chi connectivity index (χ3v) is 9.00. The Hall–Kier alpha value is -4.04. The van der Waals surface area contributed by atoms with Crippen molar-refractivity contribution in [3.05, 3.63) is 24.3 Å². The van der Waals surface area contributed by atoms with Crippen LogP contribution in [-0.2, 0) is 24.0 Å². The Morgan fingerprint density at radius 2 is 1.63 bits per heavy atom. The van der Waals surface area contributed by atoms with Crippen LogP contribution in [0.4, 0.5) is 8.78 Å². The van der Waals surface area contributed by atoms with Gasteiger partial charge in [-0.25, -0.2) is 13.8 Å². The summed E-state index contributed by atoms with van der Waals surface area (Å²) in [5.74, 6) is -10.8. The van der Waals surface area contributed by atoms with Gasteiger partial charge in [-0.1, -0.05) is 34.6 Å². The monoisotopic (exact) mass is 647 g/mol. The van der Waals surface area contributed by atoms with E-state index in [1.807, 2.05) is 0 Å². The van der Waals surface area contributed by atoms with E-state index in [2.05, 4.69) is 31.2 Å². The molecule has 46 heavy (non-hydrogen) atoms. The number of alkyl halides is 2. The number of halogens is 2. The van der Waals surface area contributed by atoms with Crippen LogP contribution in [0.15, 0.2) is 18.6 Å². The molecule has 1 unspecified atom stereocenters. The topological polar surface area (TPSA) is 180 Å².